The van der Waals surface area contributed by atoms with Gasteiger partial charge in [-0.2, -0.15) is 0 Å². The summed E-state index contributed by atoms with van der Waals surface area (Å²) in [6.07, 6.45) is 0.979. The van der Waals surface area contributed by atoms with E-state index in [1.165, 1.54) is 5.56 Å². The number of aryl methyl sites for hydroxylation is 2. The van der Waals surface area contributed by atoms with Gasteiger partial charge in [-0.05, 0) is 61.6 Å². The number of carbonyl (C=O) groups excluding carboxylic acids is 8. The molecule has 6 rings (SSSR count). The molecule has 0 bridgehead atoms. The van der Waals surface area contributed by atoms with Crippen molar-refractivity contribution in [2.24, 2.45) is 10.8 Å². The minimum Gasteiger partial charge on any atom is -0.388 e. The number of amides is 8. The number of imide groups is 4. The monoisotopic (exact) mass is 622 g/mol. The molecule has 4 aliphatic rings. The molecule has 1 unspecified atom stereocenters. The Hall–Kier alpha value is -4.62. The van der Waals surface area contributed by atoms with Gasteiger partial charge in [-0.1, -0.05) is 24.3 Å². The molecule has 8 amide bonds. The SMILES string of the molecule is CNc1ccc(CCCc2ccc(N3C(=O)C4(C3=O)C(=O)N(C(C)N3C(=O)C5(C(=O)N(C)C5=O)C3=O)C4=O)cc2)cc1.[V]. The summed E-state index contributed by atoms with van der Waals surface area (Å²) in [5, 5.41) is 3.07. The average Bonchev–Trinajstić information content (AvgIpc) is 2.98. The molecule has 4 saturated heterocycles. The third-order valence-corrected chi connectivity index (χ3v) is 8.57. The van der Waals surface area contributed by atoms with Crippen LogP contribution in [0, 0.1) is 10.8 Å². The number of rotatable bonds is 8. The van der Waals surface area contributed by atoms with E-state index in [-0.39, 0.29) is 24.2 Å². The maximum atomic E-state index is 13.1. The van der Waals surface area contributed by atoms with Gasteiger partial charge in [0.2, 0.25) is 0 Å². The fraction of sp³-hybridized carbons (Fsp3) is 0.310. The Kier molecular flexibility index (Phi) is 6.94. The van der Waals surface area contributed by atoms with E-state index in [9.17, 15) is 38.4 Å². The fourth-order valence-electron chi connectivity index (χ4n) is 5.99. The Labute approximate surface area is 257 Å². The number of hydrogen-bond donors (Lipinski definition) is 1. The van der Waals surface area contributed by atoms with E-state index in [2.05, 4.69) is 17.4 Å². The summed E-state index contributed by atoms with van der Waals surface area (Å²) < 4.78 is 0. The van der Waals surface area contributed by atoms with Gasteiger partial charge in [0.25, 0.3) is 58.1 Å². The topological polar surface area (TPSA) is 162 Å². The first-order valence-corrected chi connectivity index (χ1v) is 13.3. The minimum absolute atomic E-state index is 0. The van der Waals surface area contributed by atoms with Gasteiger partial charge in [0.1, 0.15) is 6.17 Å². The predicted molar refractivity (Wildman–Crippen MR) is 143 cm³/mol. The van der Waals surface area contributed by atoms with Gasteiger partial charge in [-0.3, -0.25) is 53.1 Å². The number of nitrogens with zero attached hydrogens (tertiary/aromatic N) is 4. The second-order valence-electron chi connectivity index (χ2n) is 10.7. The van der Waals surface area contributed by atoms with Gasteiger partial charge >= 0.3 is 0 Å². The summed E-state index contributed by atoms with van der Waals surface area (Å²) >= 11 is 0. The summed E-state index contributed by atoms with van der Waals surface area (Å²) in [7, 11) is 2.98. The van der Waals surface area contributed by atoms with Crippen molar-refractivity contribution < 1.29 is 56.9 Å². The molecule has 2 aromatic rings. The molecule has 4 aliphatic heterocycles. The first kappa shape index (κ1) is 29.9. The van der Waals surface area contributed by atoms with Crippen LogP contribution in [-0.4, -0.2) is 82.2 Å². The van der Waals surface area contributed by atoms with Crippen LogP contribution in [0.2, 0.25) is 0 Å². The molecule has 0 aliphatic carbocycles. The van der Waals surface area contributed by atoms with E-state index >= 15 is 0 Å². The van der Waals surface area contributed by atoms with Crippen molar-refractivity contribution in [1.29, 1.82) is 0 Å². The second kappa shape index (κ2) is 9.99. The van der Waals surface area contributed by atoms with E-state index in [0.29, 0.717) is 14.7 Å². The largest absolute Gasteiger partial charge is 0.388 e. The van der Waals surface area contributed by atoms with Gasteiger partial charge in [0.05, 0.1) is 5.69 Å². The van der Waals surface area contributed by atoms with Crippen LogP contribution in [-0.2, 0) is 69.8 Å². The molecule has 0 aromatic heterocycles. The molecule has 14 heteroatoms. The number of nitrogens with one attached hydrogen (secondary N) is 1. The Bertz CT molecular complexity index is 1590. The molecule has 4 fully saturated rings. The first-order valence-electron chi connectivity index (χ1n) is 13.3. The Morgan fingerprint density at radius 1 is 0.628 bits per heavy atom. The number of anilines is 2. The van der Waals surface area contributed by atoms with Crippen LogP contribution in [0.5, 0.6) is 0 Å². The third-order valence-electron chi connectivity index (χ3n) is 8.57. The van der Waals surface area contributed by atoms with Crippen molar-refractivity contribution in [1.82, 2.24) is 14.7 Å². The zero-order valence-electron chi connectivity index (χ0n) is 23.3. The maximum Gasteiger partial charge on any atom is 0.285 e. The molecule has 2 aromatic carbocycles. The summed E-state index contributed by atoms with van der Waals surface area (Å²) in [6.45, 7) is 1.16. The predicted octanol–water partition coefficient (Wildman–Crippen LogP) is -0.171. The van der Waals surface area contributed by atoms with E-state index in [0.717, 1.165) is 49.4 Å². The molecule has 4 heterocycles. The number of benzene rings is 2. The van der Waals surface area contributed by atoms with E-state index in [1.54, 1.807) is 24.3 Å². The molecule has 43 heavy (non-hydrogen) atoms. The molecule has 0 saturated carbocycles. The smallest absolute Gasteiger partial charge is 0.285 e. The summed E-state index contributed by atoms with van der Waals surface area (Å²) in [5.41, 5.74) is -1.62. The Balaban J connectivity index is 0.00000368. The van der Waals surface area contributed by atoms with Gasteiger partial charge in [0, 0.05) is 38.3 Å². The Morgan fingerprint density at radius 3 is 1.44 bits per heavy atom. The zero-order valence-corrected chi connectivity index (χ0v) is 24.7. The number of likely N-dealkylation sites (tertiary alicyclic amines) is 3. The van der Waals surface area contributed by atoms with Crippen molar-refractivity contribution in [3.05, 3.63) is 59.7 Å². The van der Waals surface area contributed by atoms with Crippen LogP contribution >= 0.6 is 0 Å². The zero-order chi connectivity index (χ0) is 30.3. The molecule has 1 radical (unpaired) electrons. The van der Waals surface area contributed by atoms with Gasteiger partial charge in [0.15, 0.2) is 0 Å². The van der Waals surface area contributed by atoms with Crippen LogP contribution in [0.4, 0.5) is 11.4 Å². The summed E-state index contributed by atoms with van der Waals surface area (Å²) in [5.74, 6) is -8.68. The molecule has 1 atom stereocenters. The van der Waals surface area contributed by atoms with Crippen molar-refractivity contribution in [2.45, 2.75) is 32.4 Å². The van der Waals surface area contributed by atoms with Crippen LogP contribution in [0.15, 0.2) is 48.5 Å². The molecule has 2 spiro atoms. The number of β-lactam (4-membered cyclic amide) rings is 8. The van der Waals surface area contributed by atoms with Crippen molar-refractivity contribution in [2.75, 3.05) is 24.3 Å². The Morgan fingerprint density at radius 2 is 1.02 bits per heavy atom. The van der Waals surface area contributed by atoms with Crippen LogP contribution in [0.1, 0.15) is 24.5 Å². The molecule has 219 valence electrons. The molecule has 1 N–H and O–H groups in total. The first-order chi connectivity index (χ1) is 19.9. The summed E-state index contributed by atoms with van der Waals surface area (Å²) in [6, 6.07) is 14.8. The van der Waals surface area contributed by atoms with Crippen molar-refractivity contribution in [3.8, 4) is 0 Å². The third kappa shape index (κ3) is 3.52. The number of carbonyl (C=O) groups is 8. The normalized spacial score (nSPS) is 20.5. The van der Waals surface area contributed by atoms with Crippen LogP contribution in [0.3, 0.4) is 0 Å². The van der Waals surface area contributed by atoms with Crippen LogP contribution < -0.4 is 10.2 Å². The number of hydrogen-bond acceptors (Lipinski definition) is 9. The molecular weight excluding hydrogens is 597 g/mol. The van der Waals surface area contributed by atoms with E-state index in [1.807, 2.05) is 19.2 Å². The van der Waals surface area contributed by atoms with E-state index < -0.39 is 64.3 Å². The van der Waals surface area contributed by atoms with Crippen LogP contribution in [0.25, 0.3) is 0 Å². The quantitative estimate of drug-likeness (QED) is 0.311. The van der Waals surface area contributed by atoms with Gasteiger partial charge in [-0.25, -0.2) is 4.90 Å². The van der Waals surface area contributed by atoms with Crippen molar-refractivity contribution in [3.63, 3.8) is 0 Å². The van der Waals surface area contributed by atoms with E-state index in [4.69, 9.17) is 0 Å². The summed E-state index contributed by atoms with van der Waals surface area (Å²) in [4.78, 5) is 104. The standard InChI is InChI=1S/C29H25N5O8.V/c1-15(32-22(37)28(23(32)38)20(35)31(3)21(28)36)33-24(39)29(25(33)40)26(41)34(27(29)42)19-13-9-17(10-14-19)6-4-5-16-7-11-18(30-2)12-8-16;/h7-15,30H,4-6H2,1-3H3;. The van der Waals surface area contributed by atoms with Crippen molar-refractivity contribution >= 4 is 58.6 Å². The fourth-order valence-corrected chi connectivity index (χ4v) is 5.99. The van der Waals surface area contributed by atoms with Gasteiger partial charge < -0.3 is 5.32 Å². The molecular formula is C29H25N5O8V. The minimum atomic E-state index is -2.56. The maximum absolute atomic E-state index is 13.1. The van der Waals surface area contributed by atoms with Gasteiger partial charge in [-0.15, -0.1) is 0 Å². The average molecular weight is 622 g/mol. The molecule has 13 nitrogen and oxygen atoms in total. The second-order valence-corrected chi connectivity index (χ2v) is 10.7.